The van der Waals surface area contributed by atoms with Gasteiger partial charge in [0.15, 0.2) is 0 Å². The van der Waals surface area contributed by atoms with Gasteiger partial charge in [-0.05, 0) is 63.4 Å². The molecule has 0 aliphatic heterocycles. The van der Waals surface area contributed by atoms with E-state index in [2.05, 4.69) is 4.90 Å². The summed E-state index contributed by atoms with van der Waals surface area (Å²) < 4.78 is 5.32. The van der Waals surface area contributed by atoms with Gasteiger partial charge < -0.3 is 19.8 Å². The smallest absolute Gasteiger partial charge is 0.306 e. The summed E-state index contributed by atoms with van der Waals surface area (Å²) in [5.74, 6) is -0.226. The van der Waals surface area contributed by atoms with E-state index in [0.29, 0.717) is 12.8 Å². The molecule has 1 aromatic rings. The van der Waals surface area contributed by atoms with Gasteiger partial charge in [-0.15, -0.1) is 0 Å². The first-order valence-corrected chi connectivity index (χ1v) is 9.06. The summed E-state index contributed by atoms with van der Waals surface area (Å²) in [4.78, 5) is 13.7. The van der Waals surface area contributed by atoms with E-state index >= 15 is 0 Å². The number of methoxy groups -OCH3 is 1. The van der Waals surface area contributed by atoms with Gasteiger partial charge >= 0.3 is 5.97 Å². The maximum absolute atomic E-state index is 11.6. The Hall–Kier alpha value is -1.59. The lowest BCUT2D eigenvalue weighted by Gasteiger charge is -2.45. The number of carbonyl (C=O) groups is 1. The Bertz CT molecular complexity index is 589. The Morgan fingerprint density at radius 1 is 1.44 bits per heavy atom. The van der Waals surface area contributed by atoms with Gasteiger partial charge in [0.2, 0.25) is 0 Å². The van der Waals surface area contributed by atoms with Crippen molar-refractivity contribution in [1.29, 1.82) is 0 Å². The molecule has 0 saturated heterocycles. The summed E-state index contributed by atoms with van der Waals surface area (Å²) in [5, 5.41) is 21.1. The number of rotatable bonds is 7. The maximum atomic E-state index is 11.6. The molecule has 1 aromatic carbocycles. The summed E-state index contributed by atoms with van der Waals surface area (Å²) in [7, 11) is 5.60. The fourth-order valence-electron chi connectivity index (χ4n) is 4.30. The van der Waals surface area contributed by atoms with Crippen LogP contribution >= 0.6 is 0 Å². The predicted molar refractivity (Wildman–Crippen MR) is 97.7 cm³/mol. The fourth-order valence-corrected chi connectivity index (χ4v) is 4.30. The van der Waals surface area contributed by atoms with Crippen molar-refractivity contribution in [3.05, 3.63) is 29.8 Å². The topological polar surface area (TPSA) is 70.0 Å². The summed E-state index contributed by atoms with van der Waals surface area (Å²) >= 11 is 0. The largest absolute Gasteiger partial charge is 0.497 e. The highest BCUT2D eigenvalue weighted by Gasteiger charge is 2.46. The van der Waals surface area contributed by atoms with E-state index in [1.165, 1.54) is 0 Å². The lowest BCUT2D eigenvalue weighted by molar-refractivity contribution is -0.147. The van der Waals surface area contributed by atoms with Crippen molar-refractivity contribution in [1.82, 2.24) is 4.90 Å². The van der Waals surface area contributed by atoms with E-state index < -0.39 is 11.6 Å². The van der Waals surface area contributed by atoms with Crippen molar-refractivity contribution < 1.29 is 19.7 Å². The molecule has 0 radical (unpaired) electrons. The third-order valence-corrected chi connectivity index (χ3v) is 5.64. The molecule has 4 unspecified atom stereocenters. The van der Waals surface area contributed by atoms with Gasteiger partial charge in [-0.1, -0.05) is 19.1 Å². The van der Waals surface area contributed by atoms with Crippen molar-refractivity contribution in [2.75, 3.05) is 27.7 Å². The molecule has 1 fully saturated rings. The molecule has 5 nitrogen and oxygen atoms in total. The number of nitrogens with zero attached hydrogens (tertiary/aromatic N) is 1. The first-order chi connectivity index (χ1) is 11.8. The second kappa shape index (κ2) is 8.19. The van der Waals surface area contributed by atoms with E-state index in [1.807, 2.05) is 45.3 Å². The lowest BCUT2D eigenvalue weighted by atomic mass is 9.64. The Kier molecular flexibility index (Phi) is 6.47. The quantitative estimate of drug-likeness (QED) is 0.792. The molecule has 0 aromatic heterocycles. The van der Waals surface area contributed by atoms with Crippen LogP contribution in [-0.4, -0.2) is 48.8 Å². The van der Waals surface area contributed by atoms with Gasteiger partial charge in [0.1, 0.15) is 5.75 Å². The minimum atomic E-state index is -0.952. The van der Waals surface area contributed by atoms with Crippen molar-refractivity contribution in [3.8, 4) is 5.75 Å². The van der Waals surface area contributed by atoms with Crippen LogP contribution in [0, 0.1) is 17.8 Å². The van der Waals surface area contributed by atoms with Crippen molar-refractivity contribution >= 4 is 5.97 Å². The standard InChI is InChI=1S/C20H31NO4/c1-5-18(19(22)23)14-9-10-20(24,16(11-14)13-21(2)3)15-7-6-8-17(12-15)25-4/h6-8,12,14,16,18,24H,5,9-11,13H2,1-4H3,(H,22,23). The molecule has 0 spiro atoms. The van der Waals surface area contributed by atoms with Gasteiger partial charge in [0.25, 0.3) is 0 Å². The second-order valence-electron chi connectivity index (χ2n) is 7.50. The number of aliphatic hydroxyl groups is 1. The molecule has 4 atom stereocenters. The molecule has 140 valence electrons. The Morgan fingerprint density at radius 2 is 2.16 bits per heavy atom. The number of aliphatic carboxylic acids is 1. The molecule has 2 N–H and O–H groups in total. The first kappa shape index (κ1) is 19.7. The average Bonchev–Trinajstić information content (AvgIpc) is 2.57. The zero-order valence-corrected chi connectivity index (χ0v) is 15.7. The number of benzene rings is 1. The van der Waals surface area contributed by atoms with Gasteiger partial charge in [-0.3, -0.25) is 4.79 Å². The Labute approximate surface area is 150 Å². The normalized spacial score (nSPS) is 27.9. The SMILES string of the molecule is CCC(C(=O)O)C1CCC(O)(c2cccc(OC)c2)C(CN(C)C)C1. The van der Waals surface area contributed by atoms with Gasteiger partial charge in [0, 0.05) is 12.5 Å². The molecular weight excluding hydrogens is 318 g/mol. The third kappa shape index (κ3) is 4.33. The molecule has 5 heteroatoms. The lowest BCUT2D eigenvalue weighted by Crippen LogP contribution is -2.46. The molecule has 1 aliphatic carbocycles. The van der Waals surface area contributed by atoms with Gasteiger partial charge in [0.05, 0.1) is 18.6 Å². The fraction of sp³-hybridized carbons (Fsp3) is 0.650. The number of carboxylic acid groups (broad SMARTS) is 1. The molecule has 1 saturated carbocycles. The van der Waals surface area contributed by atoms with E-state index in [0.717, 1.165) is 30.7 Å². The number of ether oxygens (including phenoxy) is 1. The van der Waals surface area contributed by atoms with Crippen molar-refractivity contribution in [2.45, 2.75) is 38.2 Å². The van der Waals surface area contributed by atoms with Gasteiger partial charge in [-0.25, -0.2) is 0 Å². The summed E-state index contributed by atoms with van der Waals surface area (Å²) in [6.07, 6.45) is 2.65. The molecule has 25 heavy (non-hydrogen) atoms. The third-order valence-electron chi connectivity index (χ3n) is 5.64. The zero-order valence-electron chi connectivity index (χ0n) is 15.7. The highest BCUT2D eigenvalue weighted by atomic mass is 16.5. The van der Waals surface area contributed by atoms with Gasteiger partial charge in [-0.2, -0.15) is 0 Å². The average molecular weight is 349 g/mol. The molecule has 0 heterocycles. The van der Waals surface area contributed by atoms with E-state index in [-0.39, 0.29) is 17.8 Å². The minimum Gasteiger partial charge on any atom is -0.497 e. The number of carboxylic acids is 1. The predicted octanol–water partition coefficient (Wildman–Crippen LogP) is 2.97. The molecule has 2 rings (SSSR count). The van der Waals surface area contributed by atoms with Crippen LogP contribution in [0.5, 0.6) is 5.75 Å². The first-order valence-electron chi connectivity index (χ1n) is 9.06. The summed E-state index contributed by atoms with van der Waals surface area (Å²) in [5.41, 5.74) is -0.0907. The number of hydrogen-bond acceptors (Lipinski definition) is 4. The highest BCUT2D eigenvalue weighted by molar-refractivity contribution is 5.70. The van der Waals surface area contributed by atoms with E-state index in [1.54, 1.807) is 7.11 Å². The van der Waals surface area contributed by atoms with Crippen LogP contribution in [0.3, 0.4) is 0 Å². The van der Waals surface area contributed by atoms with Crippen LogP contribution in [0.2, 0.25) is 0 Å². The van der Waals surface area contributed by atoms with Crippen LogP contribution in [0.1, 0.15) is 38.2 Å². The zero-order chi connectivity index (χ0) is 18.6. The highest BCUT2D eigenvalue weighted by Crippen LogP contribution is 2.47. The van der Waals surface area contributed by atoms with Crippen LogP contribution < -0.4 is 4.74 Å². The maximum Gasteiger partial charge on any atom is 0.306 e. The monoisotopic (exact) mass is 349 g/mol. The molecular formula is C20H31NO4. The van der Waals surface area contributed by atoms with Crippen LogP contribution in [0.15, 0.2) is 24.3 Å². The van der Waals surface area contributed by atoms with Crippen LogP contribution in [0.4, 0.5) is 0 Å². The summed E-state index contributed by atoms with van der Waals surface area (Å²) in [6, 6.07) is 7.62. The molecule has 0 bridgehead atoms. The van der Waals surface area contributed by atoms with E-state index in [9.17, 15) is 15.0 Å². The van der Waals surface area contributed by atoms with E-state index in [4.69, 9.17) is 4.74 Å². The van der Waals surface area contributed by atoms with Crippen molar-refractivity contribution in [3.63, 3.8) is 0 Å². The van der Waals surface area contributed by atoms with Crippen LogP contribution in [-0.2, 0) is 10.4 Å². The Morgan fingerprint density at radius 3 is 2.72 bits per heavy atom. The van der Waals surface area contributed by atoms with Crippen LogP contribution in [0.25, 0.3) is 0 Å². The summed E-state index contributed by atoms with van der Waals surface area (Å²) in [6.45, 7) is 2.66. The second-order valence-corrected chi connectivity index (χ2v) is 7.50. The molecule has 1 aliphatic rings. The van der Waals surface area contributed by atoms with Crippen molar-refractivity contribution in [2.24, 2.45) is 17.8 Å². The minimum absolute atomic E-state index is 0.0123. The number of hydrogen-bond donors (Lipinski definition) is 2. The molecule has 0 amide bonds. The Balaban J connectivity index is 2.32.